The molecule has 0 radical (unpaired) electrons. The van der Waals surface area contributed by atoms with Crippen molar-refractivity contribution in [3.8, 4) is 0 Å². The van der Waals surface area contributed by atoms with Gasteiger partial charge < -0.3 is 0 Å². The first-order valence-electron chi connectivity index (χ1n) is 11.4. The first-order chi connectivity index (χ1) is 17.1. The van der Waals surface area contributed by atoms with Gasteiger partial charge in [-0.3, -0.25) is 0 Å². The van der Waals surface area contributed by atoms with Crippen molar-refractivity contribution in [2.24, 2.45) is 0 Å². The summed E-state index contributed by atoms with van der Waals surface area (Å²) < 4.78 is 54.0. The van der Waals surface area contributed by atoms with Gasteiger partial charge in [-0.1, -0.05) is 0 Å². The molecule has 4 aromatic rings. The van der Waals surface area contributed by atoms with Crippen molar-refractivity contribution in [3.63, 3.8) is 0 Å². The number of H-pyrrole nitrogens is 1. The Morgan fingerprint density at radius 1 is 1.00 bits per heavy atom. The van der Waals surface area contributed by atoms with Crippen LogP contribution in [0.5, 0.6) is 0 Å². The quantitative estimate of drug-likeness (QED) is 0.317. The first kappa shape index (κ1) is 24.3. The second-order valence-electron chi connectivity index (χ2n) is 8.93. The zero-order valence-corrected chi connectivity index (χ0v) is 20.0. The fraction of sp³-hybridized carbons (Fsp3) is 0.240. The predicted octanol–water partition coefficient (Wildman–Crippen LogP) is 3.87. The van der Waals surface area contributed by atoms with Gasteiger partial charge in [0.25, 0.3) is 0 Å². The van der Waals surface area contributed by atoms with Gasteiger partial charge in [0.2, 0.25) is 0 Å². The standard InChI is InChI=1S/C25H23F4N4O2P/c26-19-9-8-16(14-20-17-4-1-2-5-18(17)24(34)32-31-20)15-21(19)36(35)12-10-33(11-13-36)23-7-3-6-22(30-23)25(27,28)29/h1-9,15,35-36H,10-14H2,(H,32,34). The molecule has 1 aliphatic rings. The Kier molecular flexibility index (Phi) is 6.26. The monoisotopic (exact) mass is 518 g/mol. The molecule has 2 aromatic heterocycles. The molecule has 1 aliphatic heterocycles. The summed E-state index contributed by atoms with van der Waals surface area (Å²) in [5.74, 6) is -0.316. The maximum atomic E-state index is 14.9. The molecule has 0 atom stereocenters. The molecule has 36 heavy (non-hydrogen) atoms. The number of nitrogens with one attached hydrogen (secondary N) is 1. The van der Waals surface area contributed by atoms with E-state index in [4.69, 9.17) is 0 Å². The Balaban J connectivity index is 1.38. The molecule has 1 saturated heterocycles. The van der Waals surface area contributed by atoms with Crippen molar-refractivity contribution in [2.75, 3.05) is 30.3 Å². The second kappa shape index (κ2) is 9.26. The topological polar surface area (TPSA) is 82.1 Å². The van der Waals surface area contributed by atoms with Crippen LogP contribution >= 0.6 is 7.49 Å². The van der Waals surface area contributed by atoms with Gasteiger partial charge in [-0.15, -0.1) is 0 Å². The number of aromatic amines is 1. The van der Waals surface area contributed by atoms with Crippen molar-refractivity contribution in [2.45, 2.75) is 12.6 Å². The van der Waals surface area contributed by atoms with Crippen LogP contribution in [-0.4, -0.2) is 45.5 Å². The summed E-state index contributed by atoms with van der Waals surface area (Å²) in [5, 5.41) is 8.14. The van der Waals surface area contributed by atoms with Crippen LogP contribution in [-0.2, 0) is 12.6 Å². The number of rotatable bonds is 4. The number of hydrogen-bond donors (Lipinski definition) is 2. The van der Waals surface area contributed by atoms with Crippen molar-refractivity contribution in [3.05, 3.63) is 93.8 Å². The molecular formula is C25H23F4N4O2P. The molecule has 0 bridgehead atoms. The van der Waals surface area contributed by atoms with Crippen LogP contribution in [0.25, 0.3) is 10.8 Å². The zero-order valence-electron chi connectivity index (χ0n) is 19.0. The van der Waals surface area contributed by atoms with E-state index in [1.165, 1.54) is 18.2 Å². The van der Waals surface area contributed by atoms with Crippen LogP contribution < -0.4 is 15.8 Å². The molecule has 0 spiro atoms. The van der Waals surface area contributed by atoms with Crippen molar-refractivity contribution >= 4 is 29.4 Å². The van der Waals surface area contributed by atoms with Gasteiger partial charge in [0.15, 0.2) is 0 Å². The van der Waals surface area contributed by atoms with E-state index in [-0.39, 0.29) is 42.1 Å². The first-order valence-corrected chi connectivity index (χ1v) is 13.8. The molecule has 1 fully saturated rings. The van der Waals surface area contributed by atoms with E-state index < -0.39 is 25.2 Å². The minimum atomic E-state index is -4.54. The molecule has 0 aliphatic carbocycles. The molecule has 6 nitrogen and oxygen atoms in total. The van der Waals surface area contributed by atoms with Crippen LogP contribution in [0.15, 0.2) is 65.5 Å². The molecule has 5 rings (SSSR count). The third-order valence-electron chi connectivity index (χ3n) is 6.62. The van der Waals surface area contributed by atoms with E-state index in [0.717, 1.165) is 11.6 Å². The number of anilines is 1. The van der Waals surface area contributed by atoms with Crippen LogP contribution in [0.3, 0.4) is 0 Å². The van der Waals surface area contributed by atoms with Gasteiger partial charge in [0.1, 0.15) is 0 Å². The number of benzene rings is 2. The molecule has 188 valence electrons. The van der Waals surface area contributed by atoms with Gasteiger partial charge in [0, 0.05) is 0 Å². The van der Waals surface area contributed by atoms with E-state index in [9.17, 15) is 27.2 Å². The molecule has 2 aromatic carbocycles. The van der Waals surface area contributed by atoms with Gasteiger partial charge >= 0.3 is 204 Å². The van der Waals surface area contributed by atoms with Crippen LogP contribution in [0.4, 0.5) is 23.4 Å². The SMILES string of the molecule is O=c1[nH]nc(Cc2ccc(F)c([PH]3(O)CCN(c4cccc(C(F)(F)F)n4)CC3)c2)c2ccccc12. The van der Waals surface area contributed by atoms with Crippen molar-refractivity contribution in [1.82, 2.24) is 15.2 Å². The van der Waals surface area contributed by atoms with Gasteiger partial charge in [-0.2, -0.15) is 0 Å². The Labute approximate surface area is 204 Å². The summed E-state index contributed by atoms with van der Waals surface area (Å²) in [5.41, 5.74) is 0.0963. The summed E-state index contributed by atoms with van der Waals surface area (Å²) in [7, 11) is -3.24. The second-order valence-corrected chi connectivity index (χ2v) is 12.5. The van der Waals surface area contributed by atoms with E-state index >= 15 is 0 Å². The molecule has 0 amide bonds. The van der Waals surface area contributed by atoms with Gasteiger partial charge in [-0.05, 0) is 0 Å². The zero-order chi connectivity index (χ0) is 25.5. The third-order valence-corrected chi connectivity index (χ3v) is 10.1. The molecule has 0 saturated carbocycles. The molecule has 3 heterocycles. The number of aromatic nitrogens is 3. The summed E-state index contributed by atoms with van der Waals surface area (Å²) in [4.78, 5) is 29.0. The van der Waals surface area contributed by atoms with Crippen LogP contribution in [0.1, 0.15) is 17.0 Å². The Hall–Kier alpha value is -3.36. The summed E-state index contributed by atoms with van der Waals surface area (Å²) in [6.45, 7) is 0.541. The maximum absolute atomic E-state index is 14.9. The fourth-order valence-corrected chi connectivity index (χ4v) is 7.72. The Morgan fingerprint density at radius 2 is 1.72 bits per heavy atom. The molecule has 2 N–H and O–H groups in total. The van der Waals surface area contributed by atoms with Crippen molar-refractivity contribution in [1.29, 1.82) is 0 Å². The number of alkyl halides is 3. The number of halogens is 4. The van der Waals surface area contributed by atoms with E-state index in [0.29, 0.717) is 22.9 Å². The normalized spacial score (nSPS) is 16.8. The van der Waals surface area contributed by atoms with Gasteiger partial charge in [-0.25, -0.2) is 0 Å². The summed E-state index contributed by atoms with van der Waals surface area (Å²) in [6, 6.07) is 15.4. The molecule has 11 heteroatoms. The summed E-state index contributed by atoms with van der Waals surface area (Å²) in [6.07, 6.45) is -3.71. The summed E-state index contributed by atoms with van der Waals surface area (Å²) >= 11 is 0. The number of hydrogen-bond acceptors (Lipinski definition) is 5. The average molecular weight is 518 g/mol. The van der Waals surface area contributed by atoms with Crippen LogP contribution in [0, 0.1) is 5.82 Å². The minimum absolute atomic E-state index is 0.186. The molecular weight excluding hydrogens is 495 g/mol. The molecule has 0 unspecified atom stereocenters. The van der Waals surface area contributed by atoms with E-state index in [2.05, 4.69) is 15.2 Å². The van der Waals surface area contributed by atoms with Gasteiger partial charge in [0.05, 0.1) is 0 Å². The third kappa shape index (κ3) is 4.70. The Morgan fingerprint density at radius 3 is 2.44 bits per heavy atom. The Bertz CT molecular complexity index is 1480. The number of nitrogens with zero attached hydrogens (tertiary/aromatic N) is 3. The van der Waals surface area contributed by atoms with E-state index in [1.54, 1.807) is 35.2 Å². The van der Waals surface area contributed by atoms with E-state index in [1.807, 2.05) is 6.07 Å². The average Bonchev–Trinajstić information content (AvgIpc) is 2.87. The number of fused-ring (bicyclic) bond motifs is 1. The van der Waals surface area contributed by atoms with Crippen molar-refractivity contribution < 1.29 is 22.5 Å². The van der Waals surface area contributed by atoms with Crippen LogP contribution in [0.2, 0.25) is 0 Å². The fourth-order valence-electron chi connectivity index (χ4n) is 4.67. The predicted molar refractivity (Wildman–Crippen MR) is 133 cm³/mol. The number of pyridine rings is 1.